The number of nitrogens with zero attached hydrogens (tertiary/aromatic N) is 2. The number of rotatable bonds is 5. The molecule has 84 valence electrons. The van der Waals surface area contributed by atoms with Gasteiger partial charge in [-0.25, -0.2) is 4.98 Å². The summed E-state index contributed by atoms with van der Waals surface area (Å²) in [6.07, 6.45) is 8.36. The first kappa shape index (κ1) is 10.8. The standard InChI is InChI=1S/C12H16N4/c1-2-5-14-11(12-15-7-8-16-12)10-4-3-6-13-9-10/h3-4,6-9,11,14H,2,5H2,1H3,(H,15,16). The summed E-state index contributed by atoms with van der Waals surface area (Å²) >= 11 is 0. The van der Waals surface area contributed by atoms with Crippen molar-refractivity contribution in [2.75, 3.05) is 6.54 Å². The van der Waals surface area contributed by atoms with Crippen molar-refractivity contribution in [2.24, 2.45) is 0 Å². The molecule has 0 bridgehead atoms. The molecule has 4 nitrogen and oxygen atoms in total. The Morgan fingerprint density at radius 3 is 3.00 bits per heavy atom. The summed E-state index contributed by atoms with van der Waals surface area (Å²) in [6.45, 7) is 3.11. The molecule has 0 spiro atoms. The zero-order chi connectivity index (χ0) is 11.2. The molecule has 0 aliphatic rings. The van der Waals surface area contributed by atoms with E-state index in [1.165, 1.54) is 0 Å². The maximum absolute atomic E-state index is 4.30. The van der Waals surface area contributed by atoms with Crippen LogP contribution >= 0.6 is 0 Å². The molecule has 0 aliphatic heterocycles. The van der Waals surface area contributed by atoms with Crippen LogP contribution in [-0.2, 0) is 0 Å². The van der Waals surface area contributed by atoms with Gasteiger partial charge in [-0.1, -0.05) is 13.0 Å². The van der Waals surface area contributed by atoms with Crippen molar-refractivity contribution < 1.29 is 0 Å². The first-order valence-electron chi connectivity index (χ1n) is 5.54. The number of aromatic amines is 1. The molecule has 16 heavy (non-hydrogen) atoms. The van der Waals surface area contributed by atoms with E-state index in [2.05, 4.69) is 33.3 Å². The Kier molecular flexibility index (Phi) is 3.66. The zero-order valence-electron chi connectivity index (χ0n) is 9.35. The smallest absolute Gasteiger partial charge is 0.127 e. The molecule has 0 aromatic carbocycles. The molecule has 0 saturated carbocycles. The highest BCUT2D eigenvalue weighted by molar-refractivity contribution is 5.21. The number of pyridine rings is 1. The summed E-state index contributed by atoms with van der Waals surface area (Å²) in [7, 11) is 0. The summed E-state index contributed by atoms with van der Waals surface area (Å²) in [5.74, 6) is 0.932. The quantitative estimate of drug-likeness (QED) is 0.802. The van der Waals surface area contributed by atoms with Crippen LogP contribution in [0.1, 0.15) is 30.8 Å². The third-order valence-electron chi connectivity index (χ3n) is 2.41. The molecule has 2 heterocycles. The van der Waals surface area contributed by atoms with Crippen LogP contribution in [0.4, 0.5) is 0 Å². The van der Waals surface area contributed by atoms with Gasteiger partial charge in [-0.3, -0.25) is 4.98 Å². The monoisotopic (exact) mass is 216 g/mol. The number of H-pyrrole nitrogens is 1. The number of imidazole rings is 1. The minimum Gasteiger partial charge on any atom is -0.347 e. The number of nitrogens with one attached hydrogen (secondary N) is 2. The fourth-order valence-corrected chi connectivity index (χ4v) is 1.64. The van der Waals surface area contributed by atoms with E-state index in [0.717, 1.165) is 24.4 Å². The normalized spacial score (nSPS) is 12.6. The Morgan fingerprint density at radius 2 is 2.38 bits per heavy atom. The van der Waals surface area contributed by atoms with Gasteiger partial charge < -0.3 is 10.3 Å². The van der Waals surface area contributed by atoms with Crippen LogP contribution < -0.4 is 5.32 Å². The van der Waals surface area contributed by atoms with E-state index in [9.17, 15) is 0 Å². The zero-order valence-corrected chi connectivity index (χ0v) is 9.35. The molecule has 0 saturated heterocycles. The second-order valence-electron chi connectivity index (χ2n) is 3.65. The van der Waals surface area contributed by atoms with Gasteiger partial charge in [0.2, 0.25) is 0 Å². The summed E-state index contributed by atoms with van der Waals surface area (Å²) in [4.78, 5) is 11.6. The molecule has 0 amide bonds. The number of aromatic nitrogens is 3. The summed E-state index contributed by atoms with van der Waals surface area (Å²) in [5.41, 5.74) is 1.13. The van der Waals surface area contributed by atoms with Gasteiger partial charge in [0.1, 0.15) is 5.82 Å². The van der Waals surface area contributed by atoms with Gasteiger partial charge in [-0.05, 0) is 24.6 Å². The van der Waals surface area contributed by atoms with Crippen LogP contribution in [-0.4, -0.2) is 21.5 Å². The predicted molar refractivity (Wildman–Crippen MR) is 63.0 cm³/mol. The second-order valence-corrected chi connectivity index (χ2v) is 3.65. The van der Waals surface area contributed by atoms with Crippen LogP contribution in [0.2, 0.25) is 0 Å². The van der Waals surface area contributed by atoms with E-state index in [4.69, 9.17) is 0 Å². The van der Waals surface area contributed by atoms with Crippen molar-refractivity contribution in [3.05, 3.63) is 48.3 Å². The molecular formula is C12H16N4. The van der Waals surface area contributed by atoms with Crippen LogP contribution in [0.15, 0.2) is 36.9 Å². The van der Waals surface area contributed by atoms with Gasteiger partial charge in [0.25, 0.3) is 0 Å². The van der Waals surface area contributed by atoms with Crippen molar-refractivity contribution >= 4 is 0 Å². The first-order chi connectivity index (χ1) is 7.92. The van der Waals surface area contributed by atoms with Crippen molar-refractivity contribution in [1.82, 2.24) is 20.3 Å². The summed E-state index contributed by atoms with van der Waals surface area (Å²) in [6, 6.07) is 4.10. The number of hydrogen-bond donors (Lipinski definition) is 2. The summed E-state index contributed by atoms with van der Waals surface area (Å²) in [5, 5.41) is 3.45. The lowest BCUT2D eigenvalue weighted by atomic mass is 10.1. The Morgan fingerprint density at radius 1 is 1.44 bits per heavy atom. The average molecular weight is 216 g/mol. The molecule has 1 unspecified atom stereocenters. The highest BCUT2D eigenvalue weighted by Gasteiger charge is 2.14. The Labute approximate surface area is 95.1 Å². The predicted octanol–water partition coefficient (Wildman–Crippen LogP) is 1.89. The minimum atomic E-state index is 0.101. The molecule has 2 aromatic rings. The summed E-state index contributed by atoms with van der Waals surface area (Å²) < 4.78 is 0. The van der Waals surface area contributed by atoms with Crippen molar-refractivity contribution in [3.8, 4) is 0 Å². The van der Waals surface area contributed by atoms with Gasteiger partial charge in [-0.15, -0.1) is 0 Å². The SMILES string of the molecule is CCCNC(c1cccnc1)c1ncc[nH]1. The van der Waals surface area contributed by atoms with Gasteiger partial charge in [0.05, 0.1) is 6.04 Å². The topological polar surface area (TPSA) is 53.6 Å². The minimum absolute atomic E-state index is 0.101. The molecule has 1 atom stereocenters. The Bertz CT molecular complexity index is 396. The van der Waals surface area contributed by atoms with Crippen LogP contribution in [0.25, 0.3) is 0 Å². The van der Waals surface area contributed by atoms with Crippen molar-refractivity contribution in [3.63, 3.8) is 0 Å². The second kappa shape index (κ2) is 5.42. The maximum Gasteiger partial charge on any atom is 0.127 e. The van der Waals surface area contributed by atoms with E-state index >= 15 is 0 Å². The fourth-order valence-electron chi connectivity index (χ4n) is 1.64. The van der Waals surface area contributed by atoms with Crippen LogP contribution in [0, 0.1) is 0 Å². The average Bonchev–Trinajstić information content (AvgIpc) is 2.85. The Balaban J connectivity index is 2.21. The van der Waals surface area contributed by atoms with E-state index in [1.807, 2.05) is 18.5 Å². The molecule has 2 rings (SSSR count). The third-order valence-corrected chi connectivity index (χ3v) is 2.41. The lowest BCUT2D eigenvalue weighted by molar-refractivity contribution is 0.575. The third kappa shape index (κ3) is 2.46. The number of hydrogen-bond acceptors (Lipinski definition) is 3. The maximum atomic E-state index is 4.30. The van der Waals surface area contributed by atoms with Gasteiger partial charge in [-0.2, -0.15) is 0 Å². The van der Waals surface area contributed by atoms with Crippen LogP contribution in [0.5, 0.6) is 0 Å². The molecule has 0 fully saturated rings. The van der Waals surface area contributed by atoms with Crippen molar-refractivity contribution in [1.29, 1.82) is 0 Å². The first-order valence-corrected chi connectivity index (χ1v) is 5.54. The molecular weight excluding hydrogens is 200 g/mol. The van der Waals surface area contributed by atoms with Crippen LogP contribution in [0.3, 0.4) is 0 Å². The van der Waals surface area contributed by atoms with E-state index in [-0.39, 0.29) is 6.04 Å². The van der Waals surface area contributed by atoms with E-state index in [0.29, 0.717) is 0 Å². The van der Waals surface area contributed by atoms with Gasteiger partial charge in [0, 0.05) is 24.8 Å². The molecule has 0 radical (unpaired) electrons. The fraction of sp³-hybridized carbons (Fsp3) is 0.333. The molecule has 2 aromatic heterocycles. The Hall–Kier alpha value is -1.68. The molecule has 0 aliphatic carbocycles. The largest absolute Gasteiger partial charge is 0.347 e. The van der Waals surface area contributed by atoms with Gasteiger partial charge >= 0.3 is 0 Å². The lowest BCUT2D eigenvalue weighted by Crippen LogP contribution is -2.24. The lowest BCUT2D eigenvalue weighted by Gasteiger charge is -2.16. The van der Waals surface area contributed by atoms with Crippen molar-refractivity contribution in [2.45, 2.75) is 19.4 Å². The molecule has 2 N–H and O–H groups in total. The van der Waals surface area contributed by atoms with E-state index < -0.39 is 0 Å². The van der Waals surface area contributed by atoms with Gasteiger partial charge in [0.15, 0.2) is 0 Å². The molecule has 4 heteroatoms. The highest BCUT2D eigenvalue weighted by Crippen LogP contribution is 2.17. The highest BCUT2D eigenvalue weighted by atomic mass is 15.0. The van der Waals surface area contributed by atoms with E-state index in [1.54, 1.807) is 12.4 Å².